The first-order valence-corrected chi connectivity index (χ1v) is 4.42. The fourth-order valence-electron chi connectivity index (χ4n) is 1.08. The molecule has 88 valence electrons. The summed E-state index contributed by atoms with van der Waals surface area (Å²) in [6, 6.07) is 3.55. The van der Waals surface area contributed by atoms with Crippen LogP contribution in [0.15, 0.2) is 18.2 Å². The van der Waals surface area contributed by atoms with Crippen LogP contribution in [0.25, 0.3) is 0 Å². The first kappa shape index (κ1) is 12.6. The van der Waals surface area contributed by atoms with Gasteiger partial charge in [0.25, 0.3) is 0 Å². The van der Waals surface area contributed by atoms with E-state index in [0.717, 1.165) is 6.07 Å². The summed E-state index contributed by atoms with van der Waals surface area (Å²) >= 11 is 5.59. The highest BCUT2D eigenvalue weighted by Crippen LogP contribution is 2.31. The van der Waals surface area contributed by atoms with Gasteiger partial charge in [0.15, 0.2) is 0 Å². The minimum absolute atomic E-state index is 0.0795. The molecule has 0 atom stereocenters. The van der Waals surface area contributed by atoms with Crippen molar-refractivity contribution in [1.29, 1.82) is 0 Å². The summed E-state index contributed by atoms with van der Waals surface area (Å²) in [6.07, 6.45) is -5.51. The van der Waals surface area contributed by atoms with Crippen LogP contribution in [0.4, 0.5) is 13.2 Å². The van der Waals surface area contributed by atoms with Gasteiger partial charge in [-0.2, -0.15) is 0 Å². The van der Waals surface area contributed by atoms with E-state index in [-0.39, 0.29) is 10.6 Å². The van der Waals surface area contributed by atoms with Crippen LogP contribution in [0.2, 0.25) is 5.02 Å². The standard InChI is InChI=1S/C9H6ClF3O3/c10-6-2-1-3-7(16-9(11,12)13)5(6)4-8(14)15/h1-3H,4H2,(H,14,15). The van der Waals surface area contributed by atoms with Crippen molar-refractivity contribution in [1.82, 2.24) is 0 Å². The van der Waals surface area contributed by atoms with Crippen molar-refractivity contribution in [2.45, 2.75) is 12.8 Å². The van der Waals surface area contributed by atoms with Crippen molar-refractivity contribution in [3.05, 3.63) is 28.8 Å². The van der Waals surface area contributed by atoms with Crippen molar-refractivity contribution in [2.75, 3.05) is 0 Å². The average molecular weight is 255 g/mol. The topological polar surface area (TPSA) is 46.5 Å². The second-order valence-electron chi connectivity index (χ2n) is 2.83. The molecule has 1 N–H and O–H groups in total. The lowest BCUT2D eigenvalue weighted by atomic mass is 10.1. The van der Waals surface area contributed by atoms with Crippen LogP contribution in [-0.2, 0) is 11.2 Å². The monoisotopic (exact) mass is 254 g/mol. The molecule has 1 aromatic rings. The molecule has 16 heavy (non-hydrogen) atoms. The molecule has 1 rings (SSSR count). The minimum Gasteiger partial charge on any atom is -0.481 e. The number of rotatable bonds is 3. The number of hydrogen-bond acceptors (Lipinski definition) is 2. The average Bonchev–Trinajstić information content (AvgIpc) is 2.08. The first-order valence-electron chi connectivity index (χ1n) is 4.04. The molecule has 0 aliphatic rings. The predicted octanol–water partition coefficient (Wildman–Crippen LogP) is 2.87. The molecule has 0 amide bonds. The normalized spacial score (nSPS) is 11.2. The summed E-state index contributed by atoms with van der Waals surface area (Å²) < 4.78 is 39.6. The number of carbonyl (C=O) groups is 1. The Bertz CT molecular complexity index is 403. The molecule has 7 heteroatoms. The van der Waals surface area contributed by atoms with Gasteiger partial charge in [-0.25, -0.2) is 0 Å². The lowest BCUT2D eigenvalue weighted by Crippen LogP contribution is -2.18. The number of benzene rings is 1. The van der Waals surface area contributed by atoms with E-state index in [9.17, 15) is 18.0 Å². The van der Waals surface area contributed by atoms with Gasteiger partial charge in [-0.05, 0) is 12.1 Å². The zero-order valence-corrected chi connectivity index (χ0v) is 8.47. The van der Waals surface area contributed by atoms with Crippen LogP contribution in [0.5, 0.6) is 5.75 Å². The molecule has 0 aliphatic carbocycles. The van der Waals surface area contributed by atoms with Gasteiger partial charge in [-0.1, -0.05) is 17.7 Å². The van der Waals surface area contributed by atoms with Crippen LogP contribution in [0.3, 0.4) is 0 Å². The van der Waals surface area contributed by atoms with Crippen LogP contribution in [0, 0.1) is 0 Å². The summed E-state index contributed by atoms with van der Waals surface area (Å²) in [5, 5.41) is 8.44. The third kappa shape index (κ3) is 3.62. The molecule has 0 aliphatic heterocycles. The van der Waals surface area contributed by atoms with Crippen LogP contribution in [-0.4, -0.2) is 17.4 Å². The van der Waals surface area contributed by atoms with E-state index in [1.807, 2.05) is 0 Å². The lowest BCUT2D eigenvalue weighted by molar-refractivity contribution is -0.274. The van der Waals surface area contributed by atoms with Crippen molar-refractivity contribution in [3.8, 4) is 5.75 Å². The Morgan fingerprint density at radius 2 is 2.06 bits per heavy atom. The van der Waals surface area contributed by atoms with Gasteiger partial charge < -0.3 is 9.84 Å². The van der Waals surface area contributed by atoms with Crippen molar-refractivity contribution in [3.63, 3.8) is 0 Å². The highest BCUT2D eigenvalue weighted by molar-refractivity contribution is 6.31. The number of ether oxygens (including phenoxy) is 1. The molecule has 0 heterocycles. The van der Waals surface area contributed by atoms with Gasteiger partial charge in [0, 0.05) is 10.6 Å². The van der Waals surface area contributed by atoms with Crippen LogP contribution in [0.1, 0.15) is 5.56 Å². The number of alkyl halides is 3. The molecule has 0 fully saturated rings. The zero-order chi connectivity index (χ0) is 12.3. The quantitative estimate of drug-likeness (QED) is 0.902. The van der Waals surface area contributed by atoms with E-state index in [0.29, 0.717) is 0 Å². The number of halogens is 4. The van der Waals surface area contributed by atoms with Crippen molar-refractivity contribution >= 4 is 17.6 Å². The summed E-state index contributed by atoms with van der Waals surface area (Å²) in [7, 11) is 0. The Hall–Kier alpha value is -1.43. The molecular formula is C9H6ClF3O3. The molecule has 0 bridgehead atoms. The van der Waals surface area contributed by atoms with Crippen molar-refractivity contribution in [2.24, 2.45) is 0 Å². The zero-order valence-electron chi connectivity index (χ0n) is 7.71. The van der Waals surface area contributed by atoms with E-state index < -0.39 is 24.5 Å². The van der Waals surface area contributed by atoms with Gasteiger partial charge in [-0.3, -0.25) is 4.79 Å². The molecule has 0 aromatic heterocycles. The maximum Gasteiger partial charge on any atom is 0.573 e. The van der Waals surface area contributed by atoms with Gasteiger partial charge in [0.1, 0.15) is 5.75 Å². The molecule has 0 radical (unpaired) electrons. The minimum atomic E-state index is -4.88. The number of carboxylic acids is 1. The van der Waals surface area contributed by atoms with Gasteiger partial charge in [0.2, 0.25) is 0 Å². The number of carboxylic acid groups (broad SMARTS) is 1. The second-order valence-corrected chi connectivity index (χ2v) is 3.24. The Balaban J connectivity index is 3.07. The molecule has 3 nitrogen and oxygen atoms in total. The molecular weight excluding hydrogens is 249 g/mol. The van der Waals surface area contributed by atoms with Crippen LogP contribution >= 0.6 is 11.6 Å². The van der Waals surface area contributed by atoms with E-state index in [4.69, 9.17) is 16.7 Å². The SMILES string of the molecule is O=C(O)Cc1c(Cl)cccc1OC(F)(F)F. The van der Waals surface area contributed by atoms with E-state index >= 15 is 0 Å². The Morgan fingerprint density at radius 1 is 1.44 bits per heavy atom. The summed E-state index contributed by atoms with van der Waals surface area (Å²) in [6.45, 7) is 0. The summed E-state index contributed by atoms with van der Waals surface area (Å²) in [4.78, 5) is 10.4. The number of hydrogen-bond donors (Lipinski definition) is 1. The lowest BCUT2D eigenvalue weighted by Gasteiger charge is -2.13. The largest absolute Gasteiger partial charge is 0.573 e. The maximum absolute atomic E-state index is 12.0. The molecule has 0 saturated carbocycles. The Morgan fingerprint density at radius 3 is 2.56 bits per heavy atom. The smallest absolute Gasteiger partial charge is 0.481 e. The summed E-state index contributed by atoms with van der Waals surface area (Å²) in [5.74, 6) is -1.89. The maximum atomic E-state index is 12.0. The van der Waals surface area contributed by atoms with Gasteiger partial charge in [-0.15, -0.1) is 13.2 Å². The molecule has 1 aromatic carbocycles. The third-order valence-electron chi connectivity index (χ3n) is 1.63. The van der Waals surface area contributed by atoms with Crippen molar-refractivity contribution < 1.29 is 27.8 Å². The first-order chi connectivity index (χ1) is 7.29. The fourth-order valence-corrected chi connectivity index (χ4v) is 1.31. The second kappa shape index (κ2) is 4.61. The van der Waals surface area contributed by atoms with E-state index in [2.05, 4.69) is 4.74 Å². The Labute approximate surface area is 93.4 Å². The van der Waals surface area contributed by atoms with E-state index in [1.54, 1.807) is 0 Å². The fraction of sp³-hybridized carbons (Fsp3) is 0.222. The predicted molar refractivity (Wildman–Crippen MR) is 49.5 cm³/mol. The van der Waals surface area contributed by atoms with E-state index in [1.165, 1.54) is 12.1 Å². The van der Waals surface area contributed by atoms with Gasteiger partial charge in [0.05, 0.1) is 6.42 Å². The third-order valence-corrected chi connectivity index (χ3v) is 1.98. The summed E-state index contributed by atoms with van der Waals surface area (Å²) in [5.41, 5.74) is -0.200. The molecule has 0 unspecified atom stereocenters. The van der Waals surface area contributed by atoms with Gasteiger partial charge >= 0.3 is 12.3 Å². The Kier molecular flexibility index (Phi) is 3.64. The van der Waals surface area contributed by atoms with Crippen LogP contribution < -0.4 is 4.74 Å². The highest BCUT2D eigenvalue weighted by atomic mass is 35.5. The highest BCUT2D eigenvalue weighted by Gasteiger charge is 2.32. The molecule has 0 saturated heterocycles. The molecule has 0 spiro atoms. The number of aliphatic carboxylic acids is 1.